The van der Waals surface area contributed by atoms with Crippen LogP contribution in [0, 0.1) is 0 Å². The summed E-state index contributed by atoms with van der Waals surface area (Å²) in [5, 5.41) is 0.669. The lowest BCUT2D eigenvalue weighted by molar-refractivity contribution is 0.0965. The van der Waals surface area contributed by atoms with Crippen molar-refractivity contribution in [2.45, 2.75) is 26.7 Å². The summed E-state index contributed by atoms with van der Waals surface area (Å²) < 4.78 is 0. The molecule has 94 valence electrons. The average molecular weight is 254 g/mol. The molecule has 0 aliphatic heterocycles. The number of hydrogen-bond acceptors (Lipinski definition) is 2. The van der Waals surface area contributed by atoms with Gasteiger partial charge < -0.3 is 4.90 Å². The predicted octanol–water partition coefficient (Wildman–Crippen LogP) is 3.64. The van der Waals surface area contributed by atoms with E-state index in [-0.39, 0.29) is 5.78 Å². The first kappa shape index (κ1) is 14.2. The number of carbonyl (C=O) groups excluding carboxylic acids is 1. The van der Waals surface area contributed by atoms with Crippen molar-refractivity contribution >= 4 is 17.4 Å². The number of benzene rings is 1. The Balaban J connectivity index is 2.46. The van der Waals surface area contributed by atoms with Crippen LogP contribution in [0.2, 0.25) is 5.02 Å². The molecule has 0 aliphatic rings. The fourth-order valence-corrected chi connectivity index (χ4v) is 1.91. The van der Waals surface area contributed by atoms with Crippen LogP contribution in [0.3, 0.4) is 0 Å². The lowest BCUT2D eigenvalue weighted by Gasteiger charge is -2.18. The standard InChI is InChI=1S/C14H20ClNO/c1-3-10-16(4-2)11-9-14(17)12-5-7-13(15)8-6-12/h5-8H,3-4,9-11H2,1-2H3. The van der Waals surface area contributed by atoms with Gasteiger partial charge in [-0.25, -0.2) is 0 Å². The molecule has 0 radical (unpaired) electrons. The Morgan fingerprint density at radius 2 is 1.82 bits per heavy atom. The summed E-state index contributed by atoms with van der Waals surface area (Å²) in [7, 11) is 0. The summed E-state index contributed by atoms with van der Waals surface area (Å²) in [4.78, 5) is 14.2. The summed E-state index contributed by atoms with van der Waals surface area (Å²) >= 11 is 5.79. The van der Waals surface area contributed by atoms with Gasteiger partial charge in [-0.1, -0.05) is 25.4 Å². The molecule has 3 heteroatoms. The van der Waals surface area contributed by atoms with Crippen LogP contribution in [0.1, 0.15) is 37.0 Å². The zero-order valence-corrected chi connectivity index (χ0v) is 11.3. The predicted molar refractivity (Wildman–Crippen MR) is 72.8 cm³/mol. The van der Waals surface area contributed by atoms with Crippen LogP contribution in [0.4, 0.5) is 0 Å². The summed E-state index contributed by atoms with van der Waals surface area (Å²) in [6.45, 7) is 7.18. The molecule has 17 heavy (non-hydrogen) atoms. The molecule has 0 fully saturated rings. The molecule has 0 bridgehead atoms. The van der Waals surface area contributed by atoms with Gasteiger partial charge in [-0.3, -0.25) is 4.79 Å². The van der Waals surface area contributed by atoms with Gasteiger partial charge in [-0.05, 0) is 43.8 Å². The molecule has 0 spiro atoms. The Morgan fingerprint density at radius 1 is 1.18 bits per heavy atom. The fourth-order valence-electron chi connectivity index (χ4n) is 1.78. The highest BCUT2D eigenvalue weighted by atomic mass is 35.5. The van der Waals surface area contributed by atoms with Crippen molar-refractivity contribution in [1.82, 2.24) is 4.90 Å². The smallest absolute Gasteiger partial charge is 0.164 e. The van der Waals surface area contributed by atoms with Gasteiger partial charge in [-0.2, -0.15) is 0 Å². The molecular formula is C14H20ClNO. The lowest BCUT2D eigenvalue weighted by Crippen LogP contribution is -2.26. The molecule has 0 atom stereocenters. The Hall–Kier alpha value is -0.860. The maximum atomic E-state index is 11.9. The summed E-state index contributed by atoms with van der Waals surface area (Å²) in [5.41, 5.74) is 0.752. The van der Waals surface area contributed by atoms with E-state index >= 15 is 0 Å². The average Bonchev–Trinajstić information content (AvgIpc) is 2.35. The van der Waals surface area contributed by atoms with Crippen molar-refractivity contribution in [2.24, 2.45) is 0 Å². The van der Waals surface area contributed by atoms with E-state index in [1.54, 1.807) is 24.3 Å². The number of ketones is 1. The highest BCUT2D eigenvalue weighted by Gasteiger charge is 2.08. The molecule has 1 aromatic carbocycles. The zero-order chi connectivity index (χ0) is 12.7. The van der Waals surface area contributed by atoms with E-state index in [1.807, 2.05) is 0 Å². The van der Waals surface area contributed by atoms with Gasteiger partial charge in [-0.15, -0.1) is 0 Å². The zero-order valence-electron chi connectivity index (χ0n) is 10.6. The van der Waals surface area contributed by atoms with E-state index in [1.165, 1.54) is 0 Å². The van der Waals surface area contributed by atoms with Crippen LogP contribution in [0.25, 0.3) is 0 Å². The largest absolute Gasteiger partial charge is 0.303 e. The van der Waals surface area contributed by atoms with E-state index in [0.29, 0.717) is 11.4 Å². The molecule has 0 amide bonds. The van der Waals surface area contributed by atoms with Crippen molar-refractivity contribution < 1.29 is 4.79 Å². The number of rotatable bonds is 7. The quantitative estimate of drug-likeness (QED) is 0.692. The van der Waals surface area contributed by atoms with E-state index in [2.05, 4.69) is 18.7 Å². The second-order valence-corrected chi connectivity index (χ2v) is 4.55. The number of carbonyl (C=O) groups is 1. The second-order valence-electron chi connectivity index (χ2n) is 4.11. The first-order valence-electron chi connectivity index (χ1n) is 6.18. The monoisotopic (exact) mass is 253 g/mol. The SMILES string of the molecule is CCCN(CC)CCC(=O)c1ccc(Cl)cc1. The van der Waals surface area contributed by atoms with Crippen molar-refractivity contribution in [3.8, 4) is 0 Å². The molecule has 2 nitrogen and oxygen atoms in total. The van der Waals surface area contributed by atoms with Gasteiger partial charge in [0.1, 0.15) is 0 Å². The first-order valence-corrected chi connectivity index (χ1v) is 6.56. The third-order valence-electron chi connectivity index (χ3n) is 2.81. The second kappa shape index (κ2) is 7.46. The topological polar surface area (TPSA) is 20.3 Å². The van der Waals surface area contributed by atoms with Gasteiger partial charge in [0, 0.05) is 23.6 Å². The molecule has 0 N–H and O–H groups in total. The first-order chi connectivity index (χ1) is 8.17. The summed E-state index contributed by atoms with van der Waals surface area (Å²) in [5.74, 6) is 0.191. The van der Waals surface area contributed by atoms with Crippen LogP contribution in [0.15, 0.2) is 24.3 Å². The minimum atomic E-state index is 0.191. The van der Waals surface area contributed by atoms with Crippen molar-refractivity contribution in [1.29, 1.82) is 0 Å². The normalized spacial score (nSPS) is 10.8. The molecule has 0 saturated heterocycles. The van der Waals surface area contributed by atoms with Crippen LogP contribution in [-0.2, 0) is 0 Å². The van der Waals surface area contributed by atoms with E-state index in [9.17, 15) is 4.79 Å². The minimum absolute atomic E-state index is 0.191. The maximum absolute atomic E-state index is 11.9. The Kier molecular flexibility index (Phi) is 6.23. The Bertz CT molecular complexity index is 348. The molecule has 1 rings (SSSR count). The minimum Gasteiger partial charge on any atom is -0.303 e. The van der Waals surface area contributed by atoms with Crippen LogP contribution in [-0.4, -0.2) is 30.3 Å². The van der Waals surface area contributed by atoms with E-state index < -0.39 is 0 Å². The number of Topliss-reactive ketones (excluding diaryl/α,β-unsaturated/α-hetero) is 1. The van der Waals surface area contributed by atoms with Crippen LogP contribution >= 0.6 is 11.6 Å². The Morgan fingerprint density at radius 3 is 2.35 bits per heavy atom. The third kappa shape index (κ3) is 4.88. The highest BCUT2D eigenvalue weighted by molar-refractivity contribution is 6.30. The van der Waals surface area contributed by atoms with Crippen molar-refractivity contribution in [3.05, 3.63) is 34.9 Å². The molecule has 0 aliphatic carbocycles. The van der Waals surface area contributed by atoms with Gasteiger partial charge in [0.05, 0.1) is 0 Å². The van der Waals surface area contributed by atoms with Gasteiger partial charge in [0.25, 0.3) is 0 Å². The molecule has 0 unspecified atom stereocenters. The van der Waals surface area contributed by atoms with Crippen molar-refractivity contribution in [2.75, 3.05) is 19.6 Å². The maximum Gasteiger partial charge on any atom is 0.164 e. The third-order valence-corrected chi connectivity index (χ3v) is 3.06. The number of halogens is 1. The van der Waals surface area contributed by atoms with Crippen LogP contribution < -0.4 is 0 Å². The molecule has 0 heterocycles. The summed E-state index contributed by atoms with van der Waals surface area (Å²) in [6, 6.07) is 7.11. The van der Waals surface area contributed by atoms with Crippen LogP contribution in [0.5, 0.6) is 0 Å². The molecule has 0 saturated carbocycles. The molecular weight excluding hydrogens is 234 g/mol. The van der Waals surface area contributed by atoms with Gasteiger partial charge in [0.15, 0.2) is 5.78 Å². The van der Waals surface area contributed by atoms with Crippen molar-refractivity contribution in [3.63, 3.8) is 0 Å². The van der Waals surface area contributed by atoms with Gasteiger partial charge >= 0.3 is 0 Å². The van der Waals surface area contributed by atoms with E-state index in [0.717, 1.165) is 31.6 Å². The number of hydrogen-bond donors (Lipinski definition) is 0. The summed E-state index contributed by atoms with van der Waals surface area (Å²) in [6.07, 6.45) is 1.71. The van der Waals surface area contributed by atoms with Gasteiger partial charge in [0.2, 0.25) is 0 Å². The lowest BCUT2D eigenvalue weighted by atomic mass is 10.1. The molecule has 0 aromatic heterocycles. The highest BCUT2D eigenvalue weighted by Crippen LogP contribution is 2.11. The van der Waals surface area contributed by atoms with E-state index in [4.69, 9.17) is 11.6 Å². The molecule has 1 aromatic rings. The fraction of sp³-hybridized carbons (Fsp3) is 0.500. The number of nitrogens with zero attached hydrogens (tertiary/aromatic N) is 1. The Labute approximate surface area is 109 Å².